The summed E-state index contributed by atoms with van der Waals surface area (Å²) >= 11 is 0. The molecule has 4 heteroatoms. The Labute approximate surface area is 143 Å². The Balaban J connectivity index is 1.95. The van der Waals surface area contributed by atoms with E-state index in [-0.39, 0.29) is 17.2 Å². The molecule has 2 N–H and O–H groups in total. The monoisotopic (exact) mass is 329 g/mol. The number of likely N-dealkylation sites (tertiary alicyclic amines) is 1. The second-order valence-electron chi connectivity index (χ2n) is 7.62. The summed E-state index contributed by atoms with van der Waals surface area (Å²) < 4.78 is 5.61. The molecule has 4 nitrogen and oxygen atoms in total. The summed E-state index contributed by atoms with van der Waals surface area (Å²) in [6.45, 7) is 5.66. The molecule has 2 fully saturated rings. The van der Waals surface area contributed by atoms with Crippen LogP contribution < -0.4 is 4.74 Å². The van der Waals surface area contributed by atoms with Crippen molar-refractivity contribution in [2.24, 2.45) is 0 Å². The highest BCUT2D eigenvalue weighted by Crippen LogP contribution is 2.61. The van der Waals surface area contributed by atoms with Crippen molar-refractivity contribution >= 4 is 0 Å². The lowest BCUT2D eigenvalue weighted by molar-refractivity contribution is -0.164. The van der Waals surface area contributed by atoms with Gasteiger partial charge in [-0.05, 0) is 43.9 Å². The SMILES string of the molecule is C=CCN1CCC23CCCCC2(O)[C@H]1Cc1ccc(O)c(OC)c13. The molecule has 4 rings (SSSR count). The zero-order chi connectivity index (χ0) is 16.9. The van der Waals surface area contributed by atoms with Crippen LogP contribution in [0.3, 0.4) is 0 Å². The zero-order valence-corrected chi connectivity index (χ0v) is 14.4. The minimum Gasteiger partial charge on any atom is -0.504 e. The van der Waals surface area contributed by atoms with Crippen LogP contribution in [0.2, 0.25) is 0 Å². The summed E-state index contributed by atoms with van der Waals surface area (Å²) in [6.07, 6.45) is 7.62. The molecule has 0 amide bonds. The summed E-state index contributed by atoms with van der Waals surface area (Å²) in [7, 11) is 1.62. The highest BCUT2D eigenvalue weighted by molar-refractivity contribution is 5.58. The van der Waals surface area contributed by atoms with Crippen LogP contribution in [0, 0.1) is 0 Å². The second kappa shape index (κ2) is 5.50. The number of hydrogen-bond acceptors (Lipinski definition) is 4. The third-order valence-corrected chi connectivity index (χ3v) is 6.74. The lowest BCUT2D eigenvalue weighted by Gasteiger charge is -2.63. The first-order valence-electron chi connectivity index (χ1n) is 9.04. The Morgan fingerprint density at radius 3 is 2.88 bits per heavy atom. The number of ether oxygens (including phenoxy) is 1. The fraction of sp³-hybridized carbons (Fsp3) is 0.600. The Morgan fingerprint density at radius 2 is 2.12 bits per heavy atom. The molecule has 3 atom stereocenters. The smallest absolute Gasteiger partial charge is 0.164 e. The molecule has 24 heavy (non-hydrogen) atoms. The molecule has 130 valence electrons. The average molecular weight is 329 g/mol. The summed E-state index contributed by atoms with van der Waals surface area (Å²) in [5.74, 6) is 0.758. The lowest BCUT2D eigenvalue weighted by atomic mass is 9.49. The number of nitrogens with zero attached hydrogens (tertiary/aromatic N) is 1. The molecule has 2 aliphatic carbocycles. The topological polar surface area (TPSA) is 52.9 Å². The van der Waals surface area contributed by atoms with Gasteiger partial charge in [0.2, 0.25) is 0 Å². The molecule has 2 unspecified atom stereocenters. The van der Waals surface area contributed by atoms with Crippen molar-refractivity contribution in [2.75, 3.05) is 20.2 Å². The third-order valence-electron chi connectivity index (χ3n) is 6.74. The average Bonchev–Trinajstić information content (AvgIpc) is 2.57. The van der Waals surface area contributed by atoms with Crippen LogP contribution in [-0.4, -0.2) is 47.0 Å². The van der Waals surface area contributed by atoms with Crippen molar-refractivity contribution < 1.29 is 14.9 Å². The number of rotatable bonds is 3. The number of fused-ring (bicyclic) bond motifs is 1. The molecule has 0 aromatic heterocycles. The molecule has 0 spiro atoms. The maximum Gasteiger partial charge on any atom is 0.164 e. The first-order valence-corrected chi connectivity index (χ1v) is 9.04. The predicted molar refractivity (Wildman–Crippen MR) is 93.6 cm³/mol. The fourth-order valence-corrected chi connectivity index (χ4v) is 5.77. The maximum atomic E-state index is 11.9. The van der Waals surface area contributed by atoms with Gasteiger partial charge in [0.25, 0.3) is 0 Å². The van der Waals surface area contributed by atoms with Crippen LogP contribution in [-0.2, 0) is 11.8 Å². The molecular weight excluding hydrogens is 302 g/mol. The van der Waals surface area contributed by atoms with Gasteiger partial charge in [-0.3, -0.25) is 4.90 Å². The number of piperidine rings is 1. The summed E-state index contributed by atoms with van der Waals surface area (Å²) in [5, 5.41) is 22.2. The van der Waals surface area contributed by atoms with Gasteiger partial charge < -0.3 is 14.9 Å². The molecule has 1 saturated carbocycles. The minimum absolute atomic E-state index is 0.117. The number of phenolic OH excluding ortho intramolecular Hbond substituents is 1. The quantitative estimate of drug-likeness (QED) is 0.837. The standard InChI is InChI=1S/C20H27NO3/c1-3-11-21-12-10-19-8-4-5-9-20(19,23)16(21)13-14-6-7-15(22)18(24-2)17(14)19/h3,6-7,16,22-23H,1,4-5,8-13H2,2H3/t16-,19?,20?/m1/s1. The van der Waals surface area contributed by atoms with Crippen molar-refractivity contribution in [1.82, 2.24) is 4.90 Å². The van der Waals surface area contributed by atoms with E-state index < -0.39 is 5.60 Å². The van der Waals surface area contributed by atoms with Crippen LogP contribution in [0.1, 0.15) is 43.2 Å². The summed E-state index contributed by atoms with van der Waals surface area (Å²) in [4.78, 5) is 2.39. The summed E-state index contributed by atoms with van der Waals surface area (Å²) in [6, 6.07) is 3.87. The van der Waals surface area contributed by atoms with E-state index in [0.29, 0.717) is 5.75 Å². The number of hydrogen-bond donors (Lipinski definition) is 2. The molecule has 1 aromatic rings. The van der Waals surface area contributed by atoms with E-state index in [1.807, 2.05) is 12.1 Å². The zero-order valence-electron chi connectivity index (χ0n) is 14.4. The Kier molecular flexibility index (Phi) is 3.66. The second-order valence-corrected chi connectivity index (χ2v) is 7.62. The van der Waals surface area contributed by atoms with Crippen molar-refractivity contribution in [3.05, 3.63) is 35.9 Å². The Hall–Kier alpha value is -1.52. The van der Waals surface area contributed by atoms with Crippen LogP contribution in [0.15, 0.2) is 24.8 Å². The van der Waals surface area contributed by atoms with E-state index in [9.17, 15) is 10.2 Å². The number of aliphatic hydroxyl groups is 1. The van der Waals surface area contributed by atoms with Gasteiger partial charge in [-0.1, -0.05) is 25.0 Å². The first-order chi connectivity index (χ1) is 11.6. The highest BCUT2D eigenvalue weighted by Gasteiger charge is 2.64. The largest absolute Gasteiger partial charge is 0.504 e. The van der Waals surface area contributed by atoms with Gasteiger partial charge in [-0.2, -0.15) is 0 Å². The van der Waals surface area contributed by atoms with Gasteiger partial charge in [0.15, 0.2) is 11.5 Å². The van der Waals surface area contributed by atoms with E-state index in [1.54, 1.807) is 13.2 Å². The summed E-state index contributed by atoms with van der Waals surface area (Å²) in [5.41, 5.74) is 1.24. The number of methoxy groups -OCH3 is 1. The molecular formula is C20H27NO3. The van der Waals surface area contributed by atoms with E-state index in [0.717, 1.165) is 57.2 Å². The predicted octanol–water partition coefficient (Wildman–Crippen LogP) is 2.76. The van der Waals surface area contributed by atoms with Crippen molar-refractivity contribution in [3.63, 3.8) is 0 Å². The lowest BCUT2D eigenvalue weighted by Crippen LogP contribution is -2.72. The van der Waals surface area contributed by atoms with Crippen LogP contribution in [0.25, 0.3) is 0 Å². The van der Waals surface area contributed by atoms with Gasteiger partial charge >= 0.3 is 0 Å². The minimum atomic E-state index is -0.749. The molecule has 1 aliphatic heterocycles. The van der Waals surface area contributed by atoms with Gasteiger partial charge in [0.1, 0.15) is 0 Å². The van der Waals surface area contributed by atoms with Crippen LogP contribution in [0.5, 0.6) is 11.5 Å². The molecule has 1 saturated heterocycles. The van der Waals surface area contributed by atoms with Gasteiger partial charge in [0, 0.05) is 23.6 Å². The van der Waals surface area contributed by atoms with Crippen molar-refractivity contribution in [2.45, 2.75) is 55.6 Å². The van der Waals surface area contributed by atoms with Crippen molar-refractivity contribution in [1.29, 1.82) is 0 Å². The Morgan fingerprint density at radius 1 is 1.33 bits per heavy atom. The maximum absolute atomic E-state index is 11.9. The molecule has 1 aromatic carbocycles. The van der Waals surface area contributed by atoms with E-state index >= 15 is 0 Å². The normalized spacial score (nSPS) is 35.0. The fourth-order valence-electron chi connectivity index (χ4n) is 5.77. The molecule has 2 bridgehead atoms. The molecule has 1 heterocycles. The van der Waals surface area contributed by atoms with Gasteiger partial charge in [0.05, 0.1) is 12.7 Å². The van der Waals surface area contributed by atoms with E-state index in [1.165, 1.54) is 5.56 Å². The van der Waals surface area contributed by atoms with Gasteiger partial charge in [-0.25, -0.2) is 0 Å². The highest BCUT2D eigenvalue weighted by atomic mass is 16.5. The third kappa shape index (κ3) is 1.87. The van der Waals surface area contributed by atoms with Crippen molar-refractivity contribution in [3.8, 4) is 11.5 Å². The number of benzene rings is 1. The number of aromatic hydroxyl groups is 1. The molecule has 0 radical (unpaired) electrons. The molecule has 3 aliphatic rings. The van der Waals surface area contributed by atoms with E-state index in [2.05, 4.69) is 11.5 Å². The number of phenols is 1. The van der Waals surface area contributed by atoms with E-state index in [4.69, 9.17) is 4.74 Å². The first kappa shape index (κ1) is 16.0. The Bertz CT molecular complexity index is 673. The van der Waals surface area contributed by atoms with Crippen LogP contribution >= 0.6 is 0 Å². The van der Waals surface area contributed by atoms with Crippen LogP contribution in [0.4, 0.5) is 0 Å². The van der Waals surface area contributed by atoms with Gasteiger partial charge in [-0.15, -0.1) is 6.58 Å².